The number of carboxylic acid groups (broad SMARTS) is 2. The molecule has 0 heterocycles. The fourth-order valence-electron chi connectivity index (χ4n) is 1.71. The van der Waals surface area contributed by atoms with Crippen LogP contribution < -0.4 is 0 Å². The van der Waals surface area contributed by atoms with Gasteiger partial charge in [0.05, 0.1) is 25.4 Å². The van der Waals surface area contributed by atoms with Gasteiger partial charge in [0.1, 0.15) is 6.04 Å². The van der Waals surface area contributed by atoms with Crippen molar-refractivity contribution in [2.75, 3.05) is 26.3 Å². The van der Waals surface area contributed by atoms with E-state index in [0.717, 1.165) is 4.90 Å². The molecule has 2 unspecified atom stereocenters. The van der Waals surface area contributed by atoms with Gasteiger partial charge < -0.3 is 30.6 Å². The first-order valence-electron chi connectivity index (χ1n) is 6.08. The molecule has 20 heavy (non-hydrogen) atoms. The Morgan fingerprint density at radius 2 is 1.40 bits per heavy atom. The maximum absolute atomic E-state index is 11.2. The van der Waals surface area contributed by atoms with Crippen LogP contribution in [0.3, 0.4) is 0 Å². The van der Waals surface area contributed by atoms with Crippen LogP contribution in [0, 0.1) is 0 Å². The molecule has 9 heteroatoms. The number of hydrogen-bond acceptors (Lipinski definition) is 7. The Balaban J connectivity index is 4.87. The van der Waals surface area contributed by atoms with E-state index in [0.29, 0.717) is 0 Å². The highest BCUT2D eigenvalue weighted by atomic mass is 16.4. The third-order valence-electron chi connectivity index (χ3n) is 2.67. The number of hydrogen-bond donors (Lipinski definition) is 6. The first kappa shape index (κ1) is 18.7. The summed E-state index contributed by atoms with van der Waals surface area (Å²) in [5.74, 6) is -2.47. The molecule has 0 aromatic rings. The van der Waals surface area contributed by atoms with E-state index >= 15 is 0 Å². The summed E-state index contributed by atoms with van der Waals surface area (Å²) < 4.78 is 0. The number of aliphatic hydroxyl groups excluding tert-OH is 4. The largest absolute Gasteiger partial charge is 0.481 e. The Hall–Kier alpha value is -1.26. The minimum atomic E-state index is -1.30. The SMILES string of the molecule is O=C(O)CC[C@@H](C(=O)O)N(CC(O)CO)CC(O)CO. The summed E-state index contributed by atoms with van der Waals surface area (Å²) in [7, 11) is 0. The Morgan fingerprint density at radius 3 is 1.70 bits per heavy atom. The van der Waals surface area contributed by atoms with E-state index in [2.05, 4.69) is 0 Å². The van der Waals surface area contributed by atoms with Gasteiger partial charge in [-0.1, -0.05) is 0 Å². The highest BCUT2D eigenvalue weighted by Crippen LogP contribution is 2.10. The summed E-state index contributed by atoms with van der Waals surface area (Å²) in [6.45, 7) is -1.72. The standard InChI is InChI=1S/C11H21NO8/c13-5-7(15)3-12(4-8(16)6-14)9(11(19)20)1-2-10(17)18/h7-9,13-16H,1-6H2,(H,17,18)(H,19,20)/t7?,8?,9-/m0/s1. The third kappa shape index (κ3) is 7.36. The van der Waals surface area contributed by atoms with Gasteiger partial charge in [-0.15, -0.1) is 0 Å². The highest BCUT2D eigenvalue weighted by molar-refractivity contribution is 5.75. The summed E-state index contributed by atoms with van der Waals surface area (Å²) in [6.07, 6.45) is -3.07. The minimum absolute atomic E-state index is 0.221. The van der Waals surface area contributed by atoms with E-state index in [-0.39, 0.29) is 19.5 Å². The van der Waals surface area contributed by atoms with Crippen LogP contribution in [0.25, 0.3) is 0 Å². The van der Waals surface area contributed by atoms with Crippen molar-refractivity contribution < 1.29 is 40.2 Å². The molecule has 0 rings (SSSR count). The lowest BCUT2D eigenvalue weighted by molar-refractivity contribution is -0.146. The lowest BCUT2D eigenvalue weighted by atomic mass is 10.1. The predicted octanol–water partition coefficient (Wildman–Crippen LogP) is -2.69. The first-order chi connectivity index (χ1) is 9.31. The zero-order chi connectivity index (χ0) is 15.7. The smallest absolute Gasteiger partial charge is 0.320 e. The normalized spacial score (nSPS) is 15.8. The molecular weight excluding hydrogens is 274 g/mol. The van der Waals surface area contributed by atoms with Gasteiger partial charge in [-0.3, -0.25) is 14.5 Å². The van der Waals surface area contributed by atoms with Crippen LogP contribution in [0.1, 0.15) is 12.8 Å². The molecule has 0 aromatic heterocycles. The van der Waals surface area contributed by atoms with Crippen molar-refractivity contribution >= 4 is 11.9 Å². The average Bonchev–Trinajstić information content (AvgIpc) is 2.37. The summed E-state index contributed by atoms with van der Waals surface area (Å²) in [5.41, 5.74) is 0. The van der Waals surface area contributed by atoms with Crippen LogP contribution in [0.4, 0.5) is 0 Å². The minimum Gasteiger partial charge on any atom is -0.481 e. The number of aliphatic carboxylic acids is 2. The van der Waals surface area contributed by atoms with Gasteiger partial charge in [0.15, 0.2) is 0 Å². The first-order valence-corrected chi connectivity index (χ1v) is 6.08. The van der Waals surface area contributed by atoms with Crippen molar-refractivity contribution in [2.24, 2.45) is 0 Å². The van der Waals surface area contributed by atoms with Crippen LogP contribution in [0.5, 0.6) is 0 Å². The topological polar surface area (TPSA) is 159 Å². The van der Waals surface area contributed by atoms with E-state index in [1.807, 2.05) is 0 Å². The molecule has 0 spiro atoms. The molecule has 0 saturated heterocycles. The molecule has 118 valence electrons. The van der Waals surface area contributed by atoms with Gasteiger partial charge in [0.2, 0.25) is 0 Å². The molecule has 0 aliphatic carbocycles. The predicted molar refractivity (Wildman–Crippen MR) is 66.1 cm³/mol. The molecular formula is C11H21NO8. The summed E-state index contributed by atoms with van der Waals surface area (Å²) >= 11 is 0. The highest BCUT2D eigenvalue weighted by Gasteiger charge is 2.29. The second kappa shape index (κ2) is 9.61. The molecule has 3 atom stereocenters. The Bertz CT molecular complexity index is 299. The second-order valence-corrected chi connectivity index (χ2v) is 4.41. The Kier molecular flexibility index (Phi) is 9.01. The van der Waals surface area contributed by atoms with Crippen molar-refractivity contribution in [3.05, 3.63) is 0 Å². The fraction of sp³-hybridized carbons (Fsp3) is 0.818. The molecule has 9 nitrogen and oxygen atoms in total. The second-order valence-electron chi connectivity index (χ2n) is 4.41. The van der Waals surface area contributed by atoms with Crippen molar-refractivity contribution in [3.63, 3.8) is 0 Å². The van der Waals surface area contributed by atoms with Crippen molar-refractivity contribution in [1.82, 2.24) is 4.90 Å². The van der Waals surface area contributed by atoms with Crippen molar-refractivity contribution in [1.29, 1.82) is 0 Å². The van der Waals surface area contributed by atoms with Gasteiger partial charge in [-0.2, -0.15) is 0 Å². The van der Waals surface area contributed by atoms with Crippen molar-refractivity contribution in [2.45, 2.75) is 31.1 Å². The maximum Gasteiger partial charge on any atom is 0.320 e. The Labute approximate surface area is 115 Å². The maximum atomic E-state index is 11.2. The lowest BCUT2D eigenvalue weighted by Crippen LogP contribution is -2.49. The molecule has 0 fully saturated rings. The van der Waals surface area contributed by atoms with E-state index in [1.54, 1.807) is 0 Å². The number of nitrogens with zero attached hydrogens (tertiary/aromatic N) is 1. The van der Waals surface area contributed by atoms with E-state index in [1.165, 1.54) is 0 Å². The van der Waals surface area contributed by atoms with Crippen LogP contribution in [0.2, 0.25) is 0 Å². The zero-order valence-corrected chi connectivity index (χ0v) is 10.9. The van der Waals surface area contributed by atoms with Gasteiger partial charge in [-0.25, -0.2) is 0 Å². The van der Waals surface area contributed by atoms with E-state index < -0.39 is 49.8 Å². The molecule has 0 aliphatic heterocycles. The number of aliphatic hydroxyl groups is 4. The van der Waals surface area contributed by atoms with E-state index in [9.17, 15) is 19.8 Å². The van der Waals surface area contributed by atoms with Crippen LogP contribution in [0.15, 0.2) is 0 Å². The van der Waals surface area contributed by atoms with Gasteiger partial charge in [0, 0.05) is 19.5 Å². The summed E-state index contributed by atoms with van der Waals surface area (Å²) in [4.78, 5) is 22.8. The van der Waals surface area contributed by atoms with Gasteiger partial charge in [-0.05, 0) is 6.42 Å². The molecule has 0 amide bonds. The molecule has 0 radical (unpaired) electrons. The van der Waals surface area contributed by atoms with Gasteiger partial charge >= 0.3 is 11.9 Å². The average molecular weight is 295 g/mol. The molecule has 0 saturated carbocycles. The summed E-state index contributed by atoms with van der Waals surface area (Å²) in [6, 6.07) is -1.24. The molecule has 0 aromatic carbocycles. The third-order valence-corrected chi connectivity index (χ3v) is 2.67. The van der Waals surface area contributed by atoms with Gasteiger partial charge in [0.25, 0.3) is 0 Å². The summed E-state index contributed by atoms with van der Waals surface area (Å²) in [5, 5.41) is 54.0. The fourth-order valence-corrected chi connectivity index (χ4v) is 1.71. The number of carbonyl (C=O) groups is 2. The van der Waals surface area contributed by atoms with Crippen LogP contribution in [-0.2, 0) is 9.59 Å². The van der Waals surface area contributed by atoms with E-state index in [4.69, 9.17) is 20.4 Å². The lowest BCUT2D eigenvalue weighted by Gasteiger charge is -2.31. The molecule has 0 bridgehead atoms. The molecule has 0 aliphatic rings. The van der Waals surface area contributed by atoms with Crippen molar-refractivity contribution in [3.8, 4) is 0 Å². The quantitative estimate of drug-likeness (QED) is 0.239. The van der Waals surface area contributed by atoms with Crippen LogP contribution in [-0.4, -0.2) is 92.0 Å². The molecule has 6 N–H and O–H groups in total. The zero-order valence-electron chi connectivity index (χ0n) is 10.9. The van der Waals surface area contributed by atoms with Crippen LogP contribution >= 0.6 is 0 Å². The number of rotatable bonds is 11. The number of carboxylic acids is 2. The monoisotopic (exact) mass is 295 g/mol. The Morgan fingerprint density at radius 1 is 0.950 bits per heavy atom.